The number of nitrogens with two attached hydrogens (primary N) is 1. The summed E-state index contributed by atoms with van der Waals surface area (Å²) < 4.78 is 5.27. The minimum absolute atomic E-state index is 0.117. The first-order valence-corrected chi connectivity index (χ1v) is 4.52. The number of primary amides is 1. The van der Waals surface area contributed by atoms with Gasteiger partial charge in [0.1, 0.15) is 5.75 Å². The molecule has 0 aliphatic rings. The number of rotatable bonds is 3. The fraction of sp³-hybridized carbons (Fsp3) is 0.0909. The molecule has 1 heterocycles. The van der Waals surface area contributed by atoms with Gasteiger partial charge >= 0.3 is 0 Å². The first-order valence-electron chi connectivity index (χ1n) is 4.52. The van der Waals surface area contributed by atoms with Crippen molar-refractivity contribution in [3.8, 4) is 5.75 Å². The molecule has 0 unspecified atom stereocenters. The molecule has 0 aliphatic heterocycles. The maximum absolute atomic E-state index is 10.6. The summed E-state index contributed by atoms with van der Waals surface area (Å²) in [5, 5.41) is 0.876. The Morgan fingerprint density at radius 3 is 3.00 bits per heavy atom. The summed E-state index contributed by atoms with van der Waals surface area (Å²) in [6.07, 6.45) is 1.71. The van der Waals surface area contributed by atoms with Crippen molar-refractivity contribution in [1.82, 2.24) is 4.98 Å². The number of hydrogen-bond acceptors (Lipinski definition) is 3. The summed E-state index contributed by atoms with van der Waals surface area (Å²) in [6, 6.07) is 9.20. The van der Waals surface area contributed by atoms with Crippen LogP contribution in [0.4, 0.5) is 0 Å². The van der Waals surface area contributed by atoms with Gasteiger partial charge in [-0.25, -0.2) is 0 Å². The number of carbonyl (C=O) groups excluding carboxylic acids is 1. The van der Waals surface area contributed by atoms with Gasteiger partial charge in [0, 0.05) is 11.6 Å². The Kier molecular flexibility index (Phi) is 2.49. The van der Waals surface area contributed by atoms with Gasteiger partial charge in [-0.15, -0.1) is 0 Å². The van der Waals surface area contributed by atoms with Gasteiger partial charge in [-0.3, -0.25) is 9.78 Å². The molecule has 0 saturated carbocycles. The van der Waals surface area contributed by atoms with Crippen LogP contribution in [0.25, 0.3) is 10.9 Å². The van der Waals surface area contributed by atoms with Crippen molar-refractivity contribution in [3.63, 3.8) is 0 Å². The molecule has 4 heteroatoms. The van der Waals surface area contributed by atoms with Crippen molar-refractivity contribution in [3.05, 3.63) is 36.5 Å². The van der Waals surface area contributed by atoms with E-state index < -0.39 is 5.91 Å². The monoisotopic (exact) mass is 202 g/mol. The van der Waals surface area contributed by atoms with E-state index >= 15 is 0 Å². The summed E-state index contributed by atoms with van der Waals surface area (Å²) in [7, 11) is 0. The number of hydrogen-bond donors (Lipinski definition) is 1. The van der Waals surface area contributed by atoms with Crippen LogP contribution in [0.2, 0.25) is 0 Å². The third-order valence-electron chi connectivity index (χ3n) is 1.98. The average Bonchev–Trinajstić information content (AvgIpc) is 2.26. The minimum Gasteiger partial charge on any atom is -0.483 e. The second kappa shape index (κ2) is 3.96. The lowest BCUT2D eigenvalue weighted by Crippen LogP contribution is -2.20. The van der Waals surface area contributed by atoms with Crippen LogP contribution < -0.4 is 10.5 Å². The fourth-order valence-electron chi connectivity index (χ4n) is 1.35. The number of aromatic nitrogens is 1. The summed E-state index contributed by atoms with van der Waals surface area (Å²) in [6.45, 7) is -0.117. The third-order valence-corrected chi connectivity index (χ3v) is 1.98. The molecule has 1 amide bonds. The number of pyridine rings is 1. The first-order chi connectivity index (χ1) is 7.27. The Labute approximate surface area is 86.7 Å². The zero-order valence-corrected chi connectivity index (χ0v) is 8.01. The SMILES string of the molecule is NC(=O)COc1cccc2ncccc12. The molecule has 4 nitrogen and oxygen atoms in total. The molecule has 0 saturated heterocycles. The van der Waals surface area contributed by atoms with Crippen LogP contribution in [0.3, 0.4) is 0 Å². The zero-order valence-electron chi connectivity index (χ0n) is 8.01. The number of benzene rings is 1. The Morgan fingerprint density at radius 2 is 2.20 bits per heavy atom. The molecule has 0 atom stereocenters. The van der Waals surface area contributed by atoms with Crippen LogP contribution in [0.1, 0.15) is 0 Å². The molecular weight excluding hydrogens is 192 g/mol. The van der Waals surface area contributed by atoms with Crippen LogP contribution in [0.15, 0.2) is 36.5 Å². The lowest BCUT2D eigenvalue weighted by atomic mass is 10.2. The van der Waals surface area contributed by atoms with E-state index in [1.165, 1.54) is 0 Å². The topological polar surface area (TPSA) is 65.2 Å². The van der Waals surface area contributed by atoms with Crippen LogP contribution in [-0.4, -0.2) is 17.5 Å². The highest BCUT2D eigenvalue weighted by atomic mass is 16.5. The quantitative estimate of drug-likeness (QED) is 0.810. The maximum Gasteiger partial charge on any atom is 0.255 e. The van der Waals surface area contributed by atoms with Crippen LogP contribution >= 0.6 is 0 Å². The summed E-state index contributed by atoms with van der Waals surface area (Å²) >= 11 is 0. The van der Waals surface area contributed by atoms with Gasteiger partial charge in [0.15, 0.2) is 6.61 Å². The molecule has 1 aromatic heterocycles. The van der Waals surface area contributed by atoms with Crippen LogP contribution in [-0.2, 0) is 4.79 Å². The van der Waals surface area contributed by atoms with E-state index in [0.29, 0.717) is 5.75 Å². The molecule has 2 aromatic rings. The molecular formula is C11H10N2O2. The smallest absolute Gasteiger partial charge is 0.255 e. The van der Waals surface area contributed by atoms with Crippen molar-refractivity contribution in [1.29, 1.82) is 0 Å². The van der Waals surface area contributed by atoms with E-state index in [-0.39, 0.29) is 6.61 Å². The van der Waals surface area contributed by atoms with E-state index in [4.69, 9.17) is 10.5 Å². The van der Waals surface area contributed by atoms with Gasteiger partial charge < -0.3 is 10.5 Å². The van der Waals surface area contributed by atoms with E-state index in [2.05, 4.69) is 4.98 Å². The van der Waals surface area contributed by atoms with Gasteiger partial charge in [0.05, 0.1) is 5.52 Å². The zero-order chi connectivity index (χ0) is 10.7. The van der Waals surface area contributed by atoms with Gasteiger partial charge in [-0.2, -0.15) is 0 Å². The standard InChI is InChI=1S/C11H10N2O2/c12-11(14)7-15-10-5-1-4-9-8(10)3-2-6-13-9/h1-6H,7H2,(H2,12,14). The first kappa shape index (κ1) is 9.45. The molecule has 0 bridgehead atoms. The Morgan fingerprint density at radius 1 is 1.33 bits per heavy atom. The normalized spacial score (nSPS) is 10.1. The van der Waals surface area contributed by atoms with Crippen LogP contribution in [0.5, 0.6) is 5.75 Å². The number of fused-ring (bicyclic) bond motifs is 1. The highest BCUT2D eigenvalue weighted by molar-refractivity contribution is 5.85. The minimum atomic E-state index is -0.490. The average molecular weight is 202 g/mol. The summed E-state index contributed by atoms with van der Waals surface area (Å²) in [5.74, 6) is 0.135. The van der Waals surface area contributed by atoms with Gasteiger partial charge in [-0.05, 0) is 24.3 Å². The van der Waals surface area contributed by atoms with E-state index in [1.54, 1.807) is 12.3 Å². The fourth-order valence-corrected chi connectivity index (χ4v) is 1.35. The Balaban J connectivity index is 2.38. The predicted molar refractivity (Wildman–Crippen MR) is 56.4 cm³/mol. The van der Waals surface area contributed by atoms with Gasteiger partial charge in [0.25, 0.3) is 5.91 Å². The highest BCUT2D eigenvalue weighted by Gasteiger charge is 2.02. The second-order valence-electron chi connectivity index (χ2n) is 3.08. The molecule has 0 aliphatic carbocycles. The van der Waals surface area contributed by atoms with Crippen molar-refractivity contribution in [2.45, 2.75) is 0 Å². The number of nitrogens with zero attached hydrogens (tertiary/aromatic N) is 1. The molecule has 15 heavy (non-hydrogen) atoms. The van der Waals surface area contributed by atoms with Crippen LogP contribution in [0, 0.1) is 0 Å². The van der Waals surface area contributed by atoms with Gasteiger partial charge in [0.2, 0.25) is 0 Å². The molecule has 0 spiro atoms. The van der Waals surface area contributed by atoms with E-state index in [0.717, 1.165) is 10.9 Å². The second-order valence-corrected chi connectivity index (χ2v) is 3.08. The third kappa shape index (κ3) is 2.04. The van der Waals surface area contributed by atoms with E-state index in [1.807, 2.05) is 24.3 Å². The largest absolute Gasteiger partial charge is 0.483 e. The molecule has 2 N–H and O–H groups in total. The summed E-state index contributed by atoms with van der Waals surface area (Å²) in [5.41, 5.74) is 5.84. The molecule has 0 fully saturated rings. The van der Waals surface area contributed by atoms with Gasteiger partial charge in [-0.1, -0.05) is 6.07 Å². The Hall–Kier alpha value is -2.10. The number of carbonyl (C=O) groups is 1. The number of ether oxygens (including phenoxy) is 1. The molecule has 2 rings (SSSR count). The highest BCUT2D eigenvalue weighted by Crippen LogP contribution is 2.23. The van der Waals surface area contributed by atoms with Crippen molar-refractivity contribution in [2.75, 3.05) is 6.61 Å². The predicted octanol–water partition coefficient (Wildman–Crippen LogP) is 1.10. The summed E-state index contributed by atoms with van der Waals surface area (Å²) in [4.78, 5) is 14.8. The molecule has 0 radical (unpaired) electrons. The van der Waals surface area contributed by atoms with Crippen molar-refractivity contribution >= 4 is 16.8 Å². The lowest BCUT2D eigenvalue weighted by Gasteiger charge is -2.06. The maximum atomic E-state index is 10.6. The Bertz CT molecular complexity index is 491. The van der Waals surface area contributed by atoms with E-state index in [9.17, 15) is 4.79 Å². The molecule has 76 valence electrons. The van der Waals surface area contributed by atoms with Crippen molar-refractivity contribution in [2.24, 2.45) is 5.73 Å². The number of amides is 1. The molecule has 1 aromatic carbocycles. The lowest BCUT2D eigenvalue weighted by molar-refractivity contribution is -0.119. The van der Waals surface area contributed by atoms with Crippen molar-refractivity contribution < 1.29 is 9.53 Å².